The van der Waals surface area contributed by atoms with Gasteiger partial charge in [0.2, 0.25) is 6.29 Å². The van der Waals surface area contributed by atoms with E-state index in [0.29, 0.717) is 0 Å². The van der Waals surface area contributed by atoms with Crippen molar-refractivity contribution in [1.29, 1.82) is 0 Å². The van der Waals surface area contributed by atoms with Crippen molar-refractivity contribution in [1.82, 2.24) is 0 Å². The normalized spacial score (nSPS) is 12.5. The number of phenols is 2. The van der Waals surface area contributed by atoms with E-state index in [9.17, 15) is 0 Å². The predicted molar refractivity (Wildman–Crippen MR) is 43.5 cm³/mol. The van der Waals surface area contributed by atoms with Crippen LogP contribution in [0.3, 0.4) is 0 Å². The summed E-state index contributed by atoms with van der Waals surface area (Å²) in [7, 11) is 0. The molecule has 1 aromatic rings. The molecule has 5 nitrogen and oxygen atoms in total. The number of phenolic OH excluding ortho intramolecular Hbond substituents is 2. The van der Waals surface area contributed by atoms with E-state index >= 15 is 0 Å². The largest absolute Gasteiger partial charge is 0.508 e. The molecular formula is C8H10O5. The molecule has 5 heteroatoms. The highest BCUT2D eigenvalue weighted by Gasteiger charge is 2.08. The summed E-state index contributed by atoms with van der Waals surface area (Å²) >= 11 is 0. The van der Waals surface area contributed by atoms with Crippen LogP contribution in [-0.4, -0.2) is 33.3 Å². The Kier molecular flexibility index (Phi) is 2.94. The summed E-state index contributed by atoms with van der Waals surface area (Å²) in [4.78, 5) is 0. The van der Waals surface area contributed by atoms with Crippen molar-refractivity contribution in [3.8, 4) is 17.2 Å². The first kappa shape index (κ1) is 9.63. The molecule has 0 aliphatic carbocycles. The van der Waals surface area contributed by atoms with Gasteiger partial charge >= 0.3 is 0 Å². The minimum absolute atomic E-state index is 0.0819. The molecule has 4 N–H and O–H groups in total. The molecule has 0 aliphatic heterocycles. The molecule has 0 saturated carbocycles. The van der Waals surface area contributed by atoms with Crippen LogP contribution in [0.2, 0.25) is 0 Å². The third-order valence-corrected chi connectivity index (χ3v) is 1.36. The van der Waals surface area contributed by atoms with Crippen molar-refractivity contribution >= 4 is 0 Å². The minimum atomic E-state index is -1.41. The van der Waals surface area contributed by atoms with Gasteiger partial charge in [0.05, 0.1) is 0 Å². The number of rotatable bonds is 3. The summed E-state index contributed by atoms with van der Waals surface area (Å²) in [5.41, 5.74) is 0. The van der Waals surface area contributed by atoms with Gasteiger partial charge in [0.15, 0.2) is 11.5 Å². The van der Waals surface area contributed by atoms with E-state index in [-0.39, 0.29) is 17.2 Å². The van der Waals surface area contributed by atoms with Crippen LogP contribution in [0.4, 0.5) is 0 Å². The smallest absolute Gasteiger partial charge is 0.221 e. The van der Waals surface area contributed by atoms with Gasteiger partial charge in [0.1, 0.15) is 12.4 Å². The molecule has 0 bridgehead atoms. The predicted octanol–water partition coefficient (Wildman–Crippen LogP) is -0.213. The quantitative estimate of drug-likeness (QED) is 0.387. The van der Waals surface area contributed by atoms with E-state index in [2.05, 4.69) is 4.74 Å². The highest BCUT2D eigenvalue weighted by atomic mass is 16.6. The van der Waals surface area contributed by atoms with Crippen molar-refractivity contribution in [2.24, 2.45) is 0 Å². The Hall–Kier alpha value is -1.46. The van der Waals surface area contributed by atoms with Crippen molar-refractivity contribution in [3.63, 3.8) is 0 Å². The van der Waals surface area contributed by atoms with E-state index in [1.54, 1.807) is 0 Å². The second-order valence-electron chi connectivity index (χ2n) is 2.41. The van der Waals surface area contributed by atoms with Gasteiger partial charge in [-0.3, -0.25) is 0 Å². The van der Waals surface area contributed by atoms with Crippen LogP contribution in [-0.2, 0) is 0 Å². The minimum Gasteiger partial charge on any atom is -0.508 e. The van der Waals surface area contributed by atoms with Gasteiger partial charge in [-0.25, -0.2) is 0 Å². The third-order valence-electron chi connectivity index (χ3n) is 1.36. The highest BCUT2D eigenvalue weighted by molar-refractivity contribution is 5.43. The molecule has 0 saturated heterocycles. The molecule has 0 fully saturated rings. The molecule has 0 heterocycles. The Bertz CT molecular complexity index is 286. The first-order chi connectivity index (χ1) is 6.13. The standard InChI is InChI=1S/C8H10O5/c9-4-8(12)13-7-3-5(10)1-2-6(7)11/h1-3,8-12H,4H2. The lowest BCUT2D eigenvalue weighted by Gasteiger charge is -2.11. The van der Waals surface area contributed by atoms with Crippen LogP contribution >= 0.6 is 0 Å². The zero-order valence-electron chi connectivity index (χ0n) is 6.71. The average molecular weight is 186 g/mol. The van der Waals surface area contributed by atoms with Gasteiger partial charge in [-0.05, 0) is 12.1 Å². The topological polar surface area (TPSA) is 90.2 Å². The molecule has 72 valence electrons. The summed E-state index contributed by atoms with van der Waals surface area (Å²) in [6.07, 6.45) is -1.41. The molecular weight excluding hydrogens is 176 g/mol. The number of benzene rings is 1. The van der Waals surface area contributed by atoms with Crippen LogP contribution in [0.15, 0.2) is 18.2 Å². The van der Waals surface area contributed by atoms with Gasteiger partial charge < -0.3 is 25.2 Å². The lowest BCUT2D eigenvalue weighted by atomic mass is 10.3. The van der Waals surface area contributed by atoms with E-state index in [0.717, 1.165) is 6.07 Å². The van der Waals surface area contributed by atoms with Crippen molar-refractivity contribution < 1.29 is 25.2 Å². The molecule has 0 amide bonds. The maximum Gasteiger partial charge on any atom is 0.221 e. The monoisotopic (exact) mass is 186 g/mol. The van der Waals surface area contributed by atoms with Gasteiger partial charge in [-0.2, -0.15) is 0 Å². The van der Waals surface area contributed by atoms with E-state index in [1.165, 1.54) is 12.1 Å². The van der Waals surface area contributed by atoms with Gasteiger partial charge in [-0.1, -0.05) is 0 Å². The van der Waals surface area contributed by atoms with Crippen LogP contribution in [0.1, 0.15) is 0 Å². The Morgan fingerprint density at radius 3 is 2.62 bits per heavy atom. The highest BCUT2D eigenvalue weighted by Crippen LogP contribution is 2.29. The molecule has 1 atom stereocenters. The molecule has 0 aliphatic rings. The summed E-state index contributed by atoms with van der Waals surface area (Å²) in [6.45, 7) is -0.588. The lowest BCUT2D eigenvalue weighted by molar-refractivity contribution is -0.0560. The molecule has 0 radical (unpaired) electrons. The fraction of sp³-hybridized carbons (Fsp3) is 0.250. The van der Waals surface area contributed by atoms with E-state index in [4.69, 9.17) is 20.4 Å². The number of hydrogen-bond acceptors (Lipinski definition) is 5. The maximum atomic E-state index is 9.15. The molecule has 0 aromatic heterocycles. The summed E-state index contributed by atoms with van der Waals surface area (Å²) in [5.74, 6) is -0.398. The van der Waals surface area contributed by atoms with Gasteiger partial charge in [0, 0.05) is 6.07 Å². The van der Waals surface area contributed by atoms with Crippen LogP contribution < -0.4 is 4.74 Å². The summed E-state index contributed by atoms with van der Waals surface area (Å²) in [6, 6.07) is 3.62. The SMILES string of the molecule is OCC(O)Oc1cc(O)ccc1O. The van der Waals surface area contributed by atoms with Crippen molar-refractivity contribution in [3.05, 3.63) is 18.2 Å². The number of ether oxygens (including phenoxy) is 1. The maximum absolute atomic E-state index is 9.15. The first-order valence-electron chi connectivity index (χ1n) is 3.61. The first-order valence-corrected chi connectivity index (χ1v) is 3.61. The number of aromatic hydroxyl groups is 2. The Balaban J connectivity index is 2.81. The Labute approximate surface area is 74.5 Å². The van der Waals surface area contributed by atoms with Gasteiger partial charge in [-0.15, -0.1) is 0 Å². The zero-order chi connectivity index (χ0) is 9.84. The summed E-state index contributed by atoms with van der Waals surface area (Å²) < 4.78 is 4.67. The van der Waals surface area contributed by atoms with Crippen molar-refractivity contribution in [2.75, 3.05) is 6.61 Å². The number of hydrogen-bond donors (Lipinski definition) is 4. The fourth-order valence-corrected chi connectivity index (χ4v) is 0.781. The molecule has 1 aromatic carbocycles. The number of aliphatic hydroxyl groups is 2. The Morgan fingerprint density at radius 2 is 2.00 bits per heavy atom. The van der Waals surface area contributed by atoms with E-state index < -0.39 is 12.9 Å². The zero-order valence-corrected chi connectivity index (χ0v) is 6.71. The molecule has 1 unspecified atom stereocenters. The molecule has 1 rings (SSSR count). The lowest BCUT2D eigenvalue weighted by Crippen LogP contribution is -2.19. The second-order valence-corrected chi connectivity index (χ2v) is 2.41. The number of aliphatic hydroxyl groups excluding tert-OH is 2. The third kappa shape index (κ3) is 2.50. The Morgan fingerprint density at radius 1 is 1.31 bits per heavy atom. The fourth-order valence-electron chi connectivity index (χ4n) is 0.781. The van der Waals surface area contributed by atoms with Crippen LogP contribution in [0, 0.1) is 0 Å². The van der Waals surface area contributed by atoms with Crippen LogP contribution in [0.25, 0.3) is 0 Å². The summed E-state index contributed by atoms with van der Waals surface area (Å²) in [5, 5.41) is 35.4. The second kappa shape index (κ2) is 3.97. The van der Waals surface area contributed by atoms with Gasteiger partial charge in [0.25, 0.3) is 0 Å². The van der Waals surface area contributed by atoms with Crippen LogP contribution in [0.5, 0.6) is 17.2 Å². The average Bonchev–Trinajstić information content (AvgIpc) is 2.11. The molecule has 0 spiro atoms. The molecule has 13 heavy (non-hydrogen) atoms. The van der Waals surface area contributed by atoms with Crippen molar-refractivity contribution in [2.45, 2.75) is 6.29 Å². The van der Waals surface area contributed by atoms with E-state index in [1.807, 2.05) is 0 Å².